The van der Waals surface area contributed by atoms with E-state index < -0.39 is 0 Å². The Bertz CT molecular complexity index is 1340. The fraction of sp³-hybridized carbons (Fsp3) is 0.250. The zero-order valence-electron chi connectivity index (χ0n) is 20.4. The van der Waals surface area contributed by atoms with Crippen LogP contribution in [0.2, 0.25) is 10.0 Å². The molecule has 4 rings (SSSR count). The second kappa shape index (κ2) is 12.7. The summed E-state index contributed by atoms with van der Waals surface area (Å²) in [4.78, 5) is 16.7. The molecule has 4 aromatic rings. The lowest BCUT2D eigenvalue weighted by Gasteiger charge is -2.17. The summed E-state index contributed by atoms with van der Waals surface area (Å²) >= 11 is 12.3. The monoisotopic (exact) mass is 538 g/mol. The maximum atomic E-state index is 12.5. The van der Waals surface area contributed by atoms with Crippen LogP contribution in [0, 0.1) is 6.92 Å². The van der Waals surface area contributed by atoms with Gasteiger partial charge in [0.05, 0.1) is 40.7 Å². The van der Waals surface area contributed by atoms with Gasteiger partial charge in [0, 0.05) is 30.4 Å². The summed E-state index contributed by atoms with van der Waals surface area (Å²) < 4.78 is 7.68. The molecule has 2 aromatic heterocycles. The van der Waals surface area contributed by atoms with Crippen LogP contribution in [-0.2, 0) is 11.2 Å². The third-order valence-corrected chi connectivity index (χ3v) is 6.47. The molecule has 0 aliphatic rings. The van der Waals surface area contributed by atoms with Crippen molar-refractivity contribution >= 4 is 29.1 Å². The molecule has 1 atom stereocenters. The maximum Gasteiger partial charge on any atom is 0.220 e. The van der Waals surface area contributed by atoms with E-state index in [1.165, 1.54) is 0 Å². The van der Waals surface area contributed by atoms with Crippen molar-refractivity contribution < 1.29 is 14.6 Å². The largest absolute Gasteiger partial charge is 0.478 e. The molecule has 0 radical (unpaired) electrons. The van der Waals surface area contributed by atoms with Gasteiger partial charge in [-0.05, 0) is 55.7 Å². The summed E-state index contributed by atoms with van der Waals surface area (Å²) in [6.45, 7) is 2.19. The van der Waals surface area contributed by atoms with Crippen molar-refractivity contribution in [3.63, 3.8) is 0 Å². The first kappa shape index (κ1) is 26.7. The SMILES string of the molecule is Cc1cccc(C[C@@H](CO)NC(=O)CCCOc2cc(-c3cccnc3)nn2-c2ccc(Cl)c(Cl)c2)c1. The summed E-state index contributed by atoms with van der Waals surface area (Å²) in [6, 6.07) is 18.5. The number of carbonyl (C=O) groups excluding carboxylic acids is 1. The van der Waals surface area contributed by atoms with Crippen molar-refractivity contribution in [2.75, 3.05) is 13.2 Å². The Morgan fingerprint density at radius 1 is 1.11 bits per heavy atom. The van der Waals surface area contributed by atoms with E-state index in [4.69, 9.17) is 27.9 Å². The molecule has 0 aliphatic carbocycles. The van der Waals surface area contributed by atoms with E-state index in [2.05, 4.69) is 21.5 Å². The van der Waals surface area contributed by atoms with Gasteiger partial charge < -0.3 is 15.2 Å². The maximum absolute atomic E-state index is 12.5. The molecular weight excluding hydrogens is 511 g/mol. The molecular formula is C28H28Cl2N4O3. The summed E-state index contributed by atoms with van der Waals surface area (Å²) in [5.41, 5.74) is 4.44. The number of aliphatic hydroxyl groups is 1. The van der Waals surface area contributed by atoms with Gasteiger partial charge in [-0.1, -0.05) is 53.0 Å². The van der Waals surface area contributed by atoms with Crippen molar-refractivity contribution in [3.8, 4) is 22.8 Å². The normalized spacial score (nSPS) is 11.8. The second-order valence-corrected chi connectivity index (χ2v) is 9.53. The number of aryl methyl sites for hydroxylation is 1. The summed E-state index contributed by atoms with van der Waals surface area (Å²) in [6.07, 6.45) is 4.75. The number of benzene rings is 2. The zero-order chi connectivity index (χ0) is 26.2. The van der Waals surface area contributed by atoms with E-state index in [1.54, 1.807) is 35.3 Å². The van der Waals surface area contributed by atoms with Gasteiger partial charge >= 0.3 is 0 Å². The summed E-state index contributed by atoms with van der Waals surface area (Å²) in [5.74, 6) is 0.370. The molecule has 0 bridgehead atoms. The highest BCUT2D eigenvalue weighted by molar-refractivity contribution is 6.42. The quantitative estimate of drug-likeness (QED) is 0.248. The van der Waals surface area contributed by atoms with Crippen LogP contribution < -0.4 is 10.1 Å². The Hall–Kier alpha value is -3.39. The van der Waals surface area contributed by atoms with E-state index in [0.29, 0.717) is 46.8 Å². The summed E-state index contributed by atoms with van der Waals surface area (Å²) in [7, 11) is 0. The van der Waals surface area contributed by atoms with Crippen LogP contribution in [0.3, 0.4) is 0 Å². The number of nitrogens with zero attached hydrogens (tertiary/aromatic N) is 3. The van der Waals surface area contributed by atoms with Gasteiger partial charge in [0.1, 0.15) is 0 Å². The van der Waals surface area contributed by atoms with Gasteiger partial charge in [0.15, 0.2) is 0 Å². The van der Waals surface area contributed by atoms with E-state index in [-0.39, 0.29) is 25.0 Å². The number of rotatable bonds is 11. The van der Waals surface area contributed by atoms with Gasteiger partial charge in [-0.25, -0.2) is 4.68 Å². The van der Waals surface area contributed by atoms with Gasteiger partial charge in [-0.2, -0.15) is 5.10 Å². The molecule has 0 spiro atoms. The van der Waals surface area contributed by atoms with E-state index in [1.807, 2.05) is 43.3 Å². The molecule has 1 amide bonds. The Labute approximate surface area is 226 Å². The topological polar surface area (TPSA) is 89.3 Å². The number of nitrogens with one attached hydrogen (secondary N) is 1. The first-order valence-electron chi connectivity index (χ1n) is 12.0. The number of ether oxygens (including phenoxy) is 1. The highest BCUT2D eigenvalue weighted by Crippen LogP contribution is 2.29. The highest BCUT2D eigenvalue weighted by Gasteiger charge is 2.15. The molecule has 9 heteroatoms. The van der Waals surface area contributed by atoms with Crippen LogP contribution >= 0.6 is 23.2 Å². The minimum absolute atomic E-state index is 0.129. The first-order chi connectivity index (χ1) is 17.9. The average Bonchev–Trinajstić information content (AvgIpc) is 3.32. The minimum Gasteiger partial charge on any atom is -0.478 e. The van der Waals surface area contributed by atoms with Crippen molar-refractivity contribution in [1.29, 1.82) is 0 Å². The third-order valence-electron chi connectivity index (χ3n) is 5.73. The third kappa shape index (κ3) is 7.32. The van der Waals surface area contributed by atoms with E-state index in [0.717, 1.165) is 16.7 Å². The Morgan fingerprint density at radius 2 is 1.97 bits per heavy atom. The van der Waals surface area contributed by atoms with Crippen molar-refractivity contribution in [2.45, 2.75) is 32.2 Å². The molecule has 2 N–H and O–H groups in total. The number of pyridine rings is 1. The summed E-state index contributed by atoms with van der Waals surface area (Å²) in [5, 5.41) is 18.2. The number of amides is 1. The van der Waals surface area contributed by atoms with Crippen LogP contribution in [0.4, 0.5) is 0 Å². The number of aromatic nitrogens is 3. The molecule has 0 fully saturated rings. The number of hydrogen-bond acceptors (Lipinski definition) is 5. The lowest BCUT2D eigenvalue weighted by atomic mass is 10.0. The van der Waals surface area contributed by atoms with Crippen LogP contribution in [0.15, 0.2) is 73.1 Å². The highest BCUT2D eigenvalue weighted by atomic mass is 35.5. The predicted molar refractivity (Wildman–Crippen MR) is 145 cm³/mol. The Balaban J connectivity index is 1.38. The van der Waals surface area contributed by atoms with Gasteiger partial charge in [-0.3, -0.25) is 9.78 Å². The molecule has 0 aliphatic heterocycles. The zero-order valence-corrected chi connectivity index (χ0v) is 21.9. The smallest absolute Gasteiger partial charge is 0.220 e. The van der Waals surface area contributed by atoms with Gasteiger partial charge in [-0.15, -0.1) is 0 Å². The lowest BCUT2D eigenvalue weighted by molar-refractivity contribution is -0.122. The number of aliphatic hydroxyl groups excluding tert-OH is 1. The van der Waals surface area contributed by atoms with Crippen LogP contribution in [-0.4, -0.2) is 45.0 Å². The lowest BCUT2D eigenvalue weighted by Crippen LogP contribution is -2.39. The predicted octanol–water partition coefficient (Wildman–Crippen LogP) is 5.43. The fourth-order valence-electron chi connectivity index (χ4n) is 3.92. The average molecular weight is 539 g/mol. The van der Waals surface area contributed by atoms with Gasteiger partial charge in [0.2, 0.25) is 11.8 Å². The fourth-order valence-corrected chi connectivity index (χ4v) is 4.21. The van der Waals surface area contributed by atoms with Crippen molar-refractivity contribution in [1.82, 2.24) is 20.1 Å². The Kier molecular flexibility index (Phi) is 9.17. The molecule has 192 valence electrons. The van der Waals surface area contributed by atoms with Crippen molar-refractivity contribution in [3.05, 3.63) is 94.2 Å². The van der Waals surface area contributed by atoms with Crippen LogP contribution in [0.5, 0.6) is 5.88 Å². The van der Waals surface area contributed by atoms with Crippen LogP contribution in [0.25, 0.3) is 16.9 Å². The standard InChI is InChI=1S/C28H28Cl2N4O3/c1-19-5-2-6-20(13-19)14-22(18-35)32-27(36)8-4-12-37-28-16-26(21-7-3-11-31-17-21)33-34(28)23-9-10-24(29)25(30)15-23/h2-3,5-7,9-11,13,15-17,22,35H,4,8,12,14,18H2,1H3,(H,32,36)/t22-/m0/s1. The number of hydrogen-bond donors (Lipinski definition) is 2. The number of carbonyl (C=O) groups is 1. The second-order valence-electron chi connectivity index (χ2n) is 8.71. The van der Waals surface area contributed by atoms with E-state index in [9.17, 15) is 9.90 Å². The Morgan fingerprint density at radius 3 is 2.70 bits per heavy atom. The molecule has 2 heterocycles. The van der Waals surface area contributed by atoms with Crippen LogP contribution in [0.1, 0.15) is 24.0 Å². The minimum atomic E-state index is -0.339. The molecule has 7 nitrogen and oxygen atoms in total. The molecule has 0 saturated carbocycles. The van der Waals surface area contributed by atoms with Crippen molar-refractivity contribution in [2.24, 2.45) is 0 Å². The molecule has 2 aromatic carbocycles. The van der Waals surface area contributed by atoms with E-state index >= 15 is 0 Å². The number of halogens is 2. The first-order valence-corrected chi connectivity index (χ1v) is 12.7. The van der Waals surface area contributed by atoms with Gasteiger partial charge in [0.25, 0.3) is 0 Å². The molecule has 0 saturated heterocycles. The molecule has 0 unspecified atom stereocenters. The molecule has 37 heavy (non-hydrogen) atoms.